The van der Waals surface area contributed by atoms with Gasteiger partial charge >= 0.3 is 0 Å². The summed E-state index contributed by atoms with van der Waals surface area (Å²) in [6.07, 6.45) is 5.75. The van der Waals surface area contributed by atoms with Crippen LogP contribution in [-0.4, -0.2) is 36.0 Å². The number of amides is 1. The zero-order chi connectivity index (χ0) is 14.0. The molecule has 1 amide bonds. The maximum atomic E-state index is 13.0. The lowest BCUT2D eigenvalue weighted by molar-refractivity contribution is -0.144. The third-order valence-electron chi connectivity index (χ3n) is 4.66. The van der Waals surface area contributed by atoms with Crippen molar-refractivity contribution < 1.29 is 4.79 Å². The highest BCUT2D eigenvalue weighted by atomic mass is 16.2. The predicted octanol–water partition coefficient (Wildman–Crippen LogP) is 2.80. The van der Waals surface area contributed by atoms with Crippen LogP contribution in [-0.2, 0) is 4.79 Å². The summed E-state index contributed by atoms with van der Waals surface area (Å²) in [4.78, 5) is 15.2. The molecule has 19 heavy (non-hydrogen) atoms. The second-order valence-corrected chi connectivity index (χ2v) is 7.26. The van der Waals surface area contributed by atoms with Crippen molar-refractivity contribution >= 4 is 5.91 Å². The summed E-state index contributed by atoms with van der Waals surface area (Å²) in [6, 6.07) is 0.843. The second-order valence-electron chi connectivity index (χ2n) is 7.26. The van der Waals surface area contributed by atoms with Crippen molar-refractivity contribution in [1.82, 2.24) is 10.2 Å². The lowest BCUT2D eigenvalue weighted by Gasteiger charge is -2.41. The summed E-state index contributed by atoms with van der Waals surface area (Å²) in [5.41, 5.74) is -0.0368. The van der Waals surface area contributed by atoms with Gasteiger partial charge in [-0.2, -0.15) is 0 Å². The van der Waals surface area contributed by atoms with Crippen molar-refractivity contribution in [1.29, 1.82) is 0 Å². The van der Waals surface area contributed by atoms with E-state index < -0.39 is 0 Å². The molecule has 2 unspecified atom stereocenters. The molecular weight excluding hydrogens is 236 g/mol. The Bertz CT molecular complexity index is 311. The van der Waals surface area contributed by atoms with Gasteiger partial charge in [0.05, 0.1) is 0 Å². The van der Waals surface area contributed by atoms with E-state index in [1.807, 2.05) is 0 Å². The van der Waals surface area contributed by atoms with Gasteiger partial charge in [-0.1, -0.05) is 26.7 Å². The summed E-state index contributed by atoms with van der Waals surface area (Å²) in [7, 11) is 0. The molecule has 0 bridgehead atoms. The van der Waals surface area contributed by atoms with E-state index in [-0.39, 0.29) is 5.41 Å². The van der Waals surface area contributed by atoms with Crippen LogP contribution in [0.4, 0.5) is 0 Å². The number of piperazine rings is 1. The number of hydrogen-bond acceptors (Lipinski definition) is 2. The van der Waals surface area contributed by atoms with E-state index in [9.17, 15) is 4.79 Å². The number of nitrogens with zero attached hydrogens (tertiary/aromatic N) is 1. The van der Waals surface area contributed by atoms with Crippen molar-refractivity contribution in [2.75, 3.05) is 13.1 Å². The lowest BCUT2D eigenvalue weighted by Crippen LogP contribution is -2.58. The van der Waals surface area contributed by atoms with Crippen molar-refractivity contribution in [3.63, 3.8) is 0 Å². The monoisotopic (exact) mass is 266 g/mol. The van der Waals surface area contributed by atoms with Crippen LogP contribution in [0.2, 0.25) is 0 Å². The van der Waals surface area contributed by atoms with Crippen LogP contribution in [0.25, 0.3) is 0 Å². The van der Waals surface area contributed by atoms with E-state index in [2.05, 4.69) is 37.9 Å². The van der Waals surface area contributed by atoms with E-state index in [0.717, 1.165) is 32.4 Å². The van der Waals surface area contributed by atoms with Crippen LogP contribution in [0.3, 0.4) is 0 Å². The summed E-state index contributed by atoms with van der Waals surface area (Å²) in [6.45, 7) is 10.6. The van der Waals surface area contributed by atoms with E-state index in [4.69, 9.17) is 0 Å². The first-order valence-corrected chi connectivity index (χ1v) is 7.98. The van der Waals surface area contributed by atoms with Crippen molar-refractivity contribution in [2.24, 2.45) is 11.3 Å². The van der Waals surface area contributed by atoms with Gasteiger partial charge in [0.25, 0.3) is 0 Å². The maximum Gasteiger partial charge on any atom is 0.228 e. The van der Waals surface area contributed by atoms with Crippen LogP contribution in [0, 0.1) is 11.3 Å². The zero-order valence-electron chi connectivity index (χ0n) is 13.0. The standard InChI is InChI=1S/C16H30N2O/c1-12(2)9-16(7-5-6-8-16)15(19)18-10-13(3)17-14(4)11-18/h12-14,17H,5-11H2,1-4H3. The number of rotatable bonds is 3. The quantitative estimate of drug-likeness (QED) is 0.852. The van der Waals surface area contributed by atoms with Crippen LogP contribution in [0.5, 0.6) is 0 Å². The minimum absolute atomic E-state index is 0.0368. The predicted molar refractivity (Wildman–Crippen MR) is 79.0 cm³/mol. The average Bonchev–Trinajstić information content (AvgIpc) is 2.75. The van der Waals surface area contributed by atoms with Gasteiger partial charge in [-0.15, -0.1) is 0 Å². The SMILES string of the molecule is CC(C)CC1(C(=O)N2CC(C)NC(C)C2)CCCC1. The average molecular weight is 266 g/mol. The molecule has 3 heteroatoms. The number of carbonyl (C=O) groups excluding carboxylic acids is 1. The minimum atomic E-state index is -0.0368. The van der Waals surface area contributed by atoms with Crippen molar-refractivity contribution in [3.8, 4) is 0 Å². The Morgan fingerprint density at radius 2 is 1.74 bits per heavy atom. The maximum absolute atomic E-state index is 13.0. The fraction of sp³-hybridized carbons (Fsp3) is 0.938. The molecule has 3 nitrogen and oxygen atoms in total. The Hall–Kier alpha value is -0.570. The third kappa shape index (κ3) is 3.31. The molecule has 1 aliphatic heterocycles. The van der Waals surface area contributed by atoms with E-state index >= 15 is 0 Å². The van der Waals surface area contributed by atoms with Gasteiger partial charge in [0, 0.05) is 30.6 Å². The van der Waals surface area contributed by atoms with Gasteiger partial charge in [-0.05, 0) is 39.0 Å². The summed E-state index contributed by atoms with van der Waals surface area (Å²) >= 11 is 0. The number of carbonyl (C=O) groups is 1. The molecule has 0 aromatic rings. The molecule has 110 valence electrons. The molecule has 2 rings (SSSR count). The largest absolute Gasteiger partial charge is 0.339 e. The molecule has 1 aliphatic carbocycles. The Labute approximate surface area is 118 Å². The van der Waals surface area contributed by atoms with Crippen LogP contribution in [0.1, 0.15) is 59.8 Å². The first kappa shape index (κ1) is 14.8. The van der Waals surface area contributed by atoms with Gasteiger partial charge in [-0.3, -0.25) is 4.79 Å². The number of nitrogens with one attached hydrogen (secondary N) is 1. The highest BCUT2D eigenvalue weighted by molar-refractivity contribution is 5.83. The molecule has 1 N–H and O–H groups in total. The molecule has 0 aromatic heterocycles. The zero-order valence-corrected chi connectivity index (χ0v) is 13.0. The fourth-order valence-corrected chi connectivity index (χ4v) is 4.17. The Morgan fingerprint density at radius 1 is 1.21 bits per heavy atom. The molecule has 0 spiro atoms. The molecule has 1 saturated heterocycles. The lowest BCUT2D eigenvalue weighted by atomic mass is 9.77. The van der Waals surface area contributed by atoms with Gasteiger partial charge < -0.3 is 10.2 Å². The van der Waals surface area contributed by atoms with Crippen molar-refractivity contribution in [3.05, 3.63) is 0 Å². The Kier molecular flexibility index (Phi) is 4.54. The molecule has 2 atom stereocenters. The topological polar surface area (TPSA) is 32.3 Å². The Morgan fingerprint density at radius 3 is 2.21 bits per heavy atom. The van der Waals surface area contributed by atoms with Gasteiger partial charge in [-0.25, -0.2) is 0 Å². The van der Waals surface area contributed by atoms with Gasteiger partial charge in [0.2, 0.25) is 5.91 Å². The minimum Gasteiger partial charge on any atom is -0.339 e. The van der Waals surface area contributed by atoms with E-state index in [0.29, 0.717) is 23.9 Å². The van der Waals surface area contributed by atoms with E-state index in [1.54, 1.807) is 0 Å². The van der Waals surface area contributed by atoms with Crippen LogP contribution < -0.4 is 5.32 Å². The second kappa shape index (κ2) is 5.82. The highest BCUT2D eigenvalue weighted by Crippen LogP contribution is 2.44. The molecule has 1 saturated carbocycles. The molecule has 2 aliphatic rings. The number of hydrogen-bond donors (Lipinski definition) is 1. The first-order chi connectivity index (χ1) is 8.93. The molecule has 0 aromatic carbocycles. The first-order valence-electron chi connectivity index (χ1n) is 7.98. The summed E-state index contributed by atoms with van der Waals surface area (Å²) in [5.74, 6) is 1.05. The van der Waals surface area contributed by atoms with Crippen LogP contribution in [0.15, 0.2) is 0 Å². The fourth-order valence-electron chi connectivity index (χ4n) is 4.17. The van der Waals surface area contributed by atoms with Crippen LogP contribution >= 0.6 is 0 Å². The summed E-state index contributed by atoms with van der Waals surface area (Å²) in [5, 5.41) is 3.51. The molecule has 2 fully saturated rings. The molecule has 1 heterocycles. The third-order valence-corrected chi connectivity index (χ3v) is 4.66. The normalized spacial score (nSPS) is 30.9. The van der Waals surface area contributed by atoms with Gasteiger partial charge in [0.1, 0.15) is 0 Å². The van der Waals surface area contributed by atoms with Crippen molar-refractivity contribution in [2.45, 2.75) is 71.9 Å². The summed E-state index contributed by atoms with van der Waals surface area (Å²) < 4.78 is 0. The van der Waals surface area contributed by atoms with Gasteiger partial charge in [0.15, 0.2) is 0 Å². The smallest absolute Gasteiger partial charge is 0.228 e. The highest BCUT2D eigenvalue weighted by Gasteiger charge is 2.44. The van der Waals surface area contributed by atoms with E-state index in [1.165, 1.54) is 12.8 Å². The molecular formula is C16H30N2O. The Balaban J connectivity index is 2.10. The molecule has 0 radical (unpaired) electrons.